The number of hydrogen-bond donors (Lipinski definition) is 1. The zero-order valence-electron chi connectivity index (χ0n) is 18.8. The summed E-state index contributed by atoms with van der Waals surface area (Å²) in [6, 6.07) is 11.7. The molecule has 2 aliphatic rings. The normalized spacial score (nSPS) is 19.8. The zero-order valence-corrected chi connectivity index (χ0v) is 19.7. The third-order valence-electron chi connectivity index (χ3n) is 6.17. The number of anilines is 1. The second-order valence-electron chi connectivity index (χ2n) is 8.91. The Morgan fingerprint density at radius 2 is 1.94 bits per heavy atom. The van der Waals surface area contributed by atoms with Crippen molar-refractivity contribution in [3.05, 3.63) is 59.2 Å². The van der Waals surface area contributed by atoms with Crippen molar-refractivity contribution in [3.8, 4) is 5.75 Å². The maximum absolute atomic E-state index is 13.6. The molecule has 182 valence electrons. The summed E-state index contributed by atoms with van der Waals surface area (Å²) in [5, 5.41) is 9.06. The summed E-state index contributed by atoms with van der Waals surface area (Å²) in [6.45, 7) is 1.78. The van der Waals surface area contributed by atoms with Gasteiger partial charge in [0.2, 0.25) is 5.92 Å². The fourth-order valence-corrected chi connectivity index (χ4v) is 5.91. The van der Waals surface area contributed by atoms with Gasteiger partial charge in [0.05, 0.1) is 17.1 Å². The summed E-state index contributed by atoms with van der Waals surface area (Å²) in [5.41, 5.74) is 2.75. The number of sulfonamides is 1. The van der Waals surface area contributed by atoms with E-state index in [2.05, 4.69) is 0 Å². The molecule has 9 heteroatoms. The number of nitrogens with zero attached hydrogens (tertiary/aromatic N) is 1. The van der Waals surface area contributed by atoms with E-state index in [1.54, 1.807) is 43.3 Å². The molecule has 0 aromatic heterocycles. The topological polar surface area (TPSA) is 83.9 Å². The number of alkyl halides is 2. The van der Waals surface area contributed by atoms with Gasteiger partial charge in [0.1, 0.15) is 11.9 Å². The van der Waals surface area contributed by atoms with Crippen LogP contribution in [0.2, 0.25) is 0 Å². The van der Waals surface area contributed by atoms with Crippen LogP contribution in [0.4, 0.5) is 14.5 Å². The molecule has 6 nitrogen and oxygen atoms in total. The van der Waals surface area contributed by atoms with Crippen LogP contribution in [0.15, 0.2) is 52.9 Å². The first-order valence-electron chi connectivity index (χ1n) is 11.2. The molecule has 1 aliphatic carbocycles. The predicted molar refractivity (Wildman–Crippen MR) is 125 cm³/mol. The van der Waals surface area contributed by atoms with Gasteiger partial charge in [-0.1, -0.05) is 29.8 Å². The lowest BCUT2D eigenvalue weighted by Gasteiger charge is -2.35. The van der Waals surface area contributed by atoms with Crippen molar-refractivity contribution in [2.45, 2.75) is 62.4 Å². The molecule has 2 aromatic rings. The molecule has 1 saturated carbocycles. The molecule has 1 N–H and O–H groups in total. The lowest BCUT2D eigenvalue weighted by molar-refractivity contribution is -0.137. The van der Waals surface area contributed by atoms with Crippen molar-refractivity contribution in [1.29, 1.82) is 0 Å². The molecule has 1 atom stereocenters. The minimum absolute atomic E-state index is 0.0250. The Balaban J connectivity index is 1.70. The van der Waals surface area contributed by atoms with Crippen molar-refractivity contribution >= 4 is 27.8 Å². The molecule has 4 rings (SSSR count). The molecular formula is C25H27F2NO5S. The highest BCUT2D eigenvalue weighted by Gasteiger charge is 2.35. The Kier molecular flexibility index (Phi) is 6.66. The number of ether oxygens (including phenoxy) is 1. The van der Waals surface area contributed by atoms with Gasteiger partial charge in [-0.3, -0.25) is 9.10 Å². The quantitative estimate of drug-likeness (QED) is 0.584. The van der Waals surface area contributed by atoms with E-state index in [1.165, 1.54) is 10.4 Å². The Labute approximate surface area is 197 Å². The van der Waals surface area contributed by atoms with Crippen molar-refractivity contribution in [3.63, 3.8) is 0 Å². The Hall–Kier alpha value is -2.94. The van der Waals surface area contributed by atoms with Crippen LogP contribution in [0.3, 0.4) is 0 Å². The second kappa shape index (κ2) is 9.37. The molecule has 0 spiro atoms. The molecule has 0 amide bonds. The van der Waals surface area contributed by atoms with Gasteiger partial charge in [-0.2, -0.15) is 0 Å². The van der Waals surface area contributed by atoms with Crippen LogP contribution in [0, 0.1) is 6.92 Å². The molecule has 0 radical (unpaired) electrons. The van der Waals surface area contributed by atoms with Gasteiger partial charge < -0.3 is 9.84 Å². The molecular weight excluding hydrogens is 464 g/mol. The summed E-state index contributed by atoms with van der Waals surface area (Å²) in [6.07, 6.45) is 1.45. The first-order valence-corrected chi connectivity index (χ1v) is 12.7. The van der Waals surface area contributed by atoms with E-state index < -0.39 is 28.0 Å². The number of allylic oxidation sites excluding steroid dienone is 1. The van der Waals surface area contributed by atoms with E-state index in [-0.39, 0.29) is 37.1 Å². The fraction of sp³-hybridized carbons (Fsp3) is 0.400. The van der Waals surface area contributed by atoms with Gasteiger partial charge >= 0.3 is 5.97 Å². The first-order chi connectivity index (χ1) is 16.0. The maximum Gasteiger partial charge on any atom is 0.303 e. The molecule has 1 fully saturated rings. The number of fused-ring (bicyclic) bond motifs is 1. The van der Waals surface area contributed by atoms with Gasteiger partial charge in [-0.05, 0) is 61.6 Å². The van der Waals surface area contributed by atoms with E-state index >= 15 is 0 Å². The van der Waals surface area contributed by atoms with Crippen LogP contribution in [0.25, 0.3) is 6.08 Å². The number of aliphatic carboxylic acids is 1. The average molecular weight is 492 g/mol. The highest BCUT2D eigenvalue weighted by atomic mass is 32.2. The highest BCUT2D eigenvalue weighted by molar-refractivity contribution is 7.92. The number of aryl methyl sites for hydroxylation is 1. The van der Waals surface area contributed by atoms with Gasteiger partial charge in [0, 0.05) is 19.3 Å². The molecule has 1 aliphatic heterocycles. The van der Waals surface area contributed by atoms with Gasteiger partial charge in [0.25, 0.3) is 10.0 Å². The number of carboxylic acid groups (broad SMARTS) is 1. The van der Waals surface area contributed by atoms with Crippen LogP contribution in [-0.2, 0) is 14.8 Å². The number of hydrogen-bond acceptors (Lipinski definition) is 4. The molecule has 0 saturated heterocycles. The third kappa shape index (κ3) is 5.41. The fourth-order valence-electron chi connectivity index (χ4n) is 4.30. The lowest BCUT2D eigenvalue weighted by atomic mass is 9.90. The minimum atomic E-state index is -3.95. The molecule has 0 bridgehead atoms. The minimum Gasteiger partial charge on any atom is -0.486 e. The smallest absolute Gasteiger partial charge is 0.303 e. The standard InChI is InChI=1S/C25H27F2NO5S/c1-17-3-2-4-21(13-17)34(31,32)28-16-20(6-8-24(29)30)33-23-7-5-19(15-22(23)28)14-18-9-11-25(26,27)12-10-18/h2-5,7,13-15,20H,6,8-12,16H2,1H3,(H,29,30)/t20-/m0/s1. The predicted octanol–water partition coefficient (Wildman–Crippen LogP) is 5.41. The summed E-state index contributed by atoms with van der Waals surface area (Å²) in [7, 11) is -3.95. The number of benzene rings is 2. The number of carbonyl (C=O) groups is 1. The van der Waals surface area contributed by atoms with E-state index in [9.17, 15) is 22.0 Å². The molecule has 34 heavy (non-hydrogen) atoms. The monoisotopic (exact) mass is 491 g/mol. The van der Waals surface area contributed by atoms with Crippen molar-refractivity contribution in [1.82, 2.24) is 0 Å². The van der Waals surface area contributed by atoms with Crippen LogP contribution >= 0.6 is 0 Å². The molecule has 1 heterocycles. The first kappa shape index (κ1) is 24.2. The largest absolute Gasteiger partial charge is 0.486 e. The van der Waals surface area contributed by atoms with Crippen LogP contribution in [0.1, 0.15) is 49.7 Å². The van der Waals surface area contributed by atoms with E-state index in [4.69, 9.17) is 9.84 Å². The highest BCUT2D eigenvalue weighted by Crippen LogP contribution is 2.40. The van der Waals surface area contributed by atoms with Crippen molar-refractivity contribution < 1.29 is 31.8 Å². The number of rotatable bonds is 6. The Bertz CT molecular complexity index is 1210. The lowest BCUT2D eigenvalue weighted by Crippen LogP contribution is -2.43. The molecule has 2 aromatic carbocycles. The van der Waals surface area contributed by atoms with E-state index in [0.717, 1.165) is 11.1 Å². The van der Waals surface area contributed by atoms with Crippen molar-refractivity contribution in [2.75, 3.05) is 10.8 Å². The van der Waals surface area contributed by atoms with Gasteiger partial charge in [-0.15, -0.1) is 0 Å². The van der Waals surface area contributed by atoms with Gasteiger partial charge in [0.15, 0.2) is 0 Å². The van der Waals surface area contributed by atoms with Gasteiger partial charge in [-0.25, -0.2) is 17.2 Å². The maximum atomic E-state index is 13.6. The number of halogens is 2. The Morgan fingerprint density at radius 3 is 2.62 bits per heavy atom. The number of carboxylic acids is 1. The second-order valence-corrected chi connectivity index (χ2v) is 10.8. The Morgan fingerprint density at radius 1 is 1.21 bits per heavy atom. The summed E-state index contributed by atoms with van der Waals surface area (Å²) in [4.78, 5) is 11.2. The van der Waals surface area contributed by atoms with Crippen LogP contribution < -0.4 is 9.04 Å². The third-order valence-corrected chi connectivity index (χ3v) is 7.94. The van der Waals surface area contributed by atoms with Crippen molar-refractivity contribution in [2.24, 2.45) is 0 Å². The van der Waals surface area contributed by atoms with E-state index in [0.29, 0.717) is 29.8 Å². The molecule has 0 unspecified atom stereocenters. The van der Waals surface area contributed by atoms with E-state index in [1.807, 2.05) is 6.08 Å². The average Bonchev–Trinajstić information content (AvgIpc) is 2.78. The summed E-state index contributed by atoms with van der Waals surface area (Å²) >= 11 is 0. The zero-order chi connectivity index (χ0) is 24.5. The van der Waals surface area contributed by atoms with Crippen LogP contribution in [0.5, 0.6) is 5.75 Å². The summed E-state index contributed by atoms with van der Waals surface area (Å²) < 4.78 is 61.5. The van der Waals surface area contributed by atoms with Crippen LogP contribution in [-0.4, -0.2) is 38.1 Å². The summed E-state index contributed by atoms with van der Waals surface area (Å²) in [5.74, 6) is -3.28. The SMILES string of the molecule is Cc1cccc(S(=O)(=O)N2C[C@H](CCC(=O)O)Oc3ccc(C=C4CCC(F)(F)CC4)cc32)c1.